The molecule has 0 fully saturated rings. The Labute approximate surface area is 150 Å². The van der Waals surface area contributed by atoms with Crippen molar-refractivity contribution in [3.8, 4) is 11.5 Å². The molecule has 6 heteroatoms. The second-order valence-corrected chi connectivity index (χ2v) is 6.29. The van der Waals surface area contributed by atoms with Crippen LogP contribution in [0.1, 0.15) is 0 Å². The zero-order chi connectivity index (χ0) is 17.6. The van der Waals surface area contributed by atoms with Gasteiger partial charge in [0.15, 0.2) is 0 Å². The van der Waals surface area contributed by atoms with E-state index >= 15 is 0 Å². The van der Waals surface area contributed by atoms with Crippen LogP contribution in [-0.4, -0.2) is 30.9 Å². The van der Waals surface area contributed by atoms with Gasteiger partial charge in [-0.25, -0.2) is 0 Å². The number of methoxy groups -OCH3 is 2. The first kappa shape index (κ1) is 17.1. The predicted octanol–water partition coefficient (Wildman–Crippen LogP) is 3.98. The molecule has 3 rings (SSSR count). The molecule has 128 valence electrons. The number of pyridine rings is 1. The molecule has 1 N–H and O–H groups in total. The Bertz CT molecular complexity index is 871. The van der Waals surface area contributed by atoms with Crippen LogP contribution in [0.2, 0.25) is 0 Å². The largest absolute Gasteiger partial charge is 0.497 e. The van der Waals surface area contributed by atoms with Crippen LogP contribution >= 0.6 is 11.8 Å². The normalized spacial score (nSPS) is 10.5. The van der Waals surface area contributed by atoms with Gasteiger partial charge in [-0.05, 0) is 12.1 Å². The van der Waals surface area contributed by atoms with E-state index in [4.69, 9.17) is 9.47 Å². The molecular weight excluding hydrogens is 336 g/mol. The van der Waals surface area contributed by atoms with E-state index in [1.165, 1.54) is 11.8 Å². The van der Waals surface area contributed by atoms with Gasteiger partial charge in [0.1, 0.15) is 11.5 Å². The zero-order valence-corrected chi connectivity index (χ0v) is 14.8. The number of nitrogens with zero attached hydrogens (tertiary/aromatic N) is 1. The summed E-state index contributed by atoms with van der Waals surface area (Å²) >= 11 is 1.46. The highest BCUT2D eigenvalue weighted by molar-refractivity contribution is 8.00. The molecule has 0 aliphatic carbocycles. The van der Waals surface area contributed by atoms with Gasteiger partial charge in [-0.1, -0.05) is 18.2 Å². The maximum atomic E-state index is 12.3. The number of hydrogen-bond donors (Lipinski definition) is 1. The van der Waals surface area contributed by atoms with E-state index < -0.39 is 0 Å². The number of aromatic nitrogens is 1. The highest BCUT2D eigenvalue weighted by Crippen LogP contribution is 2.28. The van der Waals surface area contributed by atoms with Crippen molar-refractivity contribution in [3.05, 3.63) is 54.7 Å². The molecule has 0 aliphatic heterocycles. The van der Waals surface area contributed by atoms with Crippen molar-refractivity contribution in [1.82, 2.24) is 4.98 Å². The average molecular weight is 354 g/mol. The minimum atomic E-state index is -0.103. The second kappa shape index (κ2) is 7.90. The number of para-hydroxylation sites is 1. The summed E-state index contributed by atoms with van der Waals surface area (Å²) in [6.45, 7) is 0. The van der Waals surface area contributed by atoms with Crippen LogP contribution in [-0.2, 0) is 4.79 Å². The van der Waals surface area contributed by atoms with Gasteiger partial charge < -0.3 is 14.8 Å². The lowest BCUT2D eigenvalue weighted by molar-refractivity contribution is -0.113. The third-order valence-electron chi connectivity index (χ3n) is 3.59. The van der Waals surface area contributed by atoms with Gasteiger partial charge in [-0.15, -0.1) is 11.8 Å². The summed E-state index contributed by atoms with van der Waals surface area (Å²) < 4.78 is 10.4. The number of nitrogens with one attached hydrogen (secondary N) is 1. The van der Waals surface area contributed by atoms with Gasteiger partial charge in [-0.3, -0.25) is 9.78 Å². The SMILES string of the molecule is COc1cc(NC(=O)CSc2cccc3cccnc23)cc(OC)c1. The zero-order valence-electron chi connectivity index (χ0n) is 14.0. The fourth-order valence-corrected chi connectivity index (χ4v) is 3.25. The smallest absolute Gasteiger partial charge is 0.234 e. The Kier molecular flexibility index (Phi) is 5.40. The van der Waals surface area contributed by atoms with Crippen LogP contribution in [0.4, 0.5) is 5.69 Å². The highest BCUT2D eigenvalue weighted by Gasteiger charge is 2.09. The van der Waals surface area contributed by atoms with Crippen molar-refractivity contribution in [2.24, 2.45) is 0 Å². The number of carbonyl (C=O) groups excluding carboxylic acids is 1. The van der Waals surface area contributed by atoms with Gasteiger partial charge >= 0.3 is 0 Å². The van der Waals surface area contributed by atoms with E-state index in [2.05, 4.69) is 10.3 Å². The molecule has 5 nitrogen and oxygen atoms in total. The third kappa shape index (κ3) is 4.22. The number of fused-ring (bicyclic) bond motifs is 1. The number of ether oxygens (including phenoxy) is 2. The number of hydrogen-bond acceptors (Lipinski definition) is 5. The molecule has 0 saturated carbocycles. The Morgan fingerprint density at radius 3 is 2.52 bits per heavy atom. The van der Waals surface area contributed by atoms with Crippen LogP contribution < -0.4 is 14.8 Å². The van der Waals surface area contributed by atoms with Gasteiger partial charge in [0.25, 0.3) is 0 Å². The molecule has 1 amide bonds. The number of benzene rings is 2. The Balaban J connectivity index is 1.69. The first-order valence-corrected chi connectivity index (χ1v) is 8.67. The third-order valence-corrected chi connectivity index (χ3v) is 4.64. The molecule has 0 aliphatic rings. The van der Waals surface area contributed by atoms with E-state index in [1.54, 1.807) is 38.6 Å². The maximum Gasteiger partial charge on any atom is 0.234 e. The van der Waals surface area contributed by atoms with Crippen molar-refractivity contribution in [1.29, 1.82) is 0 Å². The van der Waals surface area contributed by atoms with Crippen LogP contribution in [0.15, 0.2) is 59.6 Å². The number of carbonyl (C=O) groups is 1. The van der Waals surface area contributed by atoms with Crippen molar-refractivity contribution >= 4 is 34.3 Å². The molecular formula is C19H18N2O3S. The molecule has 0 atom stereocenters. The fourth-order valence-electron chi connectivity index (χ4n) is 2.41. The van der Waals surface area contributed by atoms with Crippen molar-refractivity contribution < 1.29 is 14.3 Å². The van der Waals surface area contributed by atoms with E-state index in [1.807, 2.05) is 30.3 Å². The summed E-state index contributed by atoms with van der Waals surface area (Å²) in [7, 11) is 3.15. The first-order chi connectivity index (χ1) is 12.2. The lowest BCUT2D eigenvalue weighted by Gasteiger charge is -2.10. The molecule has 0 bridgehead atoms. The van der Waals surface area contributed by atoms with Crippen molar-refractivity contribution in [3.63, 3.8) is 0 Å². The number of amides is 1. The van der Waals surface area contributed by atoms with E-state index in [-0.39, 0.29) is 11.7 Å². The van der Waals surface area contributed by atoms with Crippen molar-refractivity contribution in [2.75, 3.05) is 25.3 Å². The summed E-state index contributed by atoms with van der Waals surface area (Å²) in [5.74, 6) is 1.43. The van der Waals surface area contributed by atoms with Crippen molar-refractivity contribution in [2.45, 2.75) is 4.90 Å². The summed E-state index contributed by atoms with van der Waals surface area (Å²) in [5, 5.41) is 3.93. The minimum Gasteiger partial charge on any atom is -0.497 e. The lowest BCUT2D eigenvalue weighted by Crippen LogP contribution is -2.14. The van der Waals surface area contributed by atoms with E-state index in [0.717, 1.165) is 15.8 Å². The summed E-state index contributed by atoms with van der Waals surface area (Å²) in [5.41, 5.74) is 1.55. The molecule has 0 spiro atoms. The van der Waals surface area contributed by atoms with Gasteiger partial charge in [0.2, 0.25) is 5.91 Å². The van der Waals surface area contributed by atoms with Crippen LogP contribution in [0.25, 0.3) is 10.9 Å². The molecule has 0 saturated heterocycles. The number of thioether (sulfide) groups is 1. The van der Waals surface area contributed by atoms with Crippen LogP contribution in [0.5, 0.6) is 11.5 Å². The Morgan fingerprint density at radius 2 is 1.80 bits per heavy atom. The standard InChI is InChI=1S/C19H18N2O3S/c1-23-15-9-14(10-16(11-15)24-2)21-18(22)12-25-17-7-3-5-13-6-4-8-20-19(13)17/h3-11H,12H2,1-2H3,(H,21,22). The topological polar surface area (TPSA) is 60.5 Å². The van der Waals surface area contributed by atoms with Crippen LogP contribution in [0.3, 0.4) is 0 Å². The number of rotatable bonds is 6. The summed E-state index contributed by atoms with van der Waals surface area (Å²) in [4.78, 5) is 17.7. The van der Waals surface area contributed by atoms with Crippen LogP contribution in [0, 0.1) is 0 Å². The lowest BCUT2D eigenvalue weighted by atomic mass is 10.2. The van der Waals surface area contributed by atoms with E-state index in [0.29, 0.717) is 17.2 Å². The molecule has 0 unspecified atom stereocenters. The van der Waals surface area contributed by atoms with Gasteiger partial charge in [-0.2, -0.15) is 0 Å². The molecule has 0 radical (unpaired) electrons. The molecule has 1 heterocycles. The number of anilines is 1. The molecule has 25 heavy (non-hydrogen) atoms. The minimum absolute atomic E-state index is 0.103. The Morgan fingerprint density at radius 1 is 1.08 bits per heavy atom. The first-order valence-electron chi connectivity index (χ1n) is 7.69. The second-order valence-electron chi connectivity index (χ2n) is 5.27. The summed E-state index contributed by atoms with van der Waals surface area (Å²) in [6, 6.07) is 15.1. The molecule has 2 aromatic carbocycles. The van der Waals surface area contributed by atoms with Gasteiger partial charge in [0.05, 0.1) is 25.5 Å². The quantitative estimate of drug-likeness (QED) is 0.679. The monoisotopic (exact) mass is 354 g/mol. The Hall–Kier alpha value is -2.73. The fraction of sp³-hybridized carbons (Fsp3) is 0.158. The molecule has 1 aromatic heterocycles. The maximum absolute atomic E-state index is 12.3. The molecule has 3 aromatic rings. The predicted molar refractivity (Wildman–Crippen MR) is 101 cm³/mol. The highest BCUT2D eigenvalue weighted by atomic mass is 32.2. The summed E-state index contributed by atoms with van der Waals surface area (Å²) in [6.07, 6.45) is 1.76. The van der Waals surface area contributed by atoms with Gasteiger partial charge in [0, 0.05) is 40.4 Å². The van der Waals surface area contributed by atoms with E-state index in [9.17, 15) is 4.79 Å². The average Bonchev–Trinajstić information content (AvgIpc) is 2.65.